The van der Waals surface area contributed by atoms with Crippen LogP contribution in [0.2, 0.25) is 0 Å². The molecule has 1 fully saturated rings. The second kappa shape index (κ2) is 14.5. The first-order valence-corrected chi connectivity index (χ1v) is 16.9. The molecule has 0 saturated heterocycles. The van der Waals surface area contributed by atoms with Crippen LogP contribution in [0.1, 0.15) is 57.8 Å². The van der Waals surface area contributed by atoms with Gasteiger partial charge in [-0.3, -0.25) is 14.5 Å². The van der Waals surface area contributed by atoms with Crippen molar-refractivity contribution in [3.05, 3.63) is 78.1 Å². The van der Waals surface area contributed by atoms with Gasteiger partial charge >= 0.3 is 6.09 Å². The summed E-state index contributed by atoms with van der Waals surface area (Å²) in [6.45, 7) is 7.88. The van der Waals surface area contributed by atoms with Gasteiger partial charge in [0, 0.05) is 30.1 Å². The van der Waals surface area contributed by atoms with Crippen LogP contribution in [0.4, 0.5) is 10.5 Å². The highest BCUT2D eigenvalue weighted by Gasteiger charge is 2.36. The zero-order chi connectivity index (χ0) is 35.4. The van der Waals surface area contributed by atoms with Crippen molar-refractivity contribution >= 4 is 34.6 Å². The molecule has 13 nitrogen and oxygen atoms in total. The van der Waals surface area contributed by atoms with E-state index < -0.39 is 23.6 Å². The molecule has 5 aromatic rings. The maximum Gasteiger partial charge on any atom is 0.407 e. The van der Waals surface area contributed by atoms with E-state index in [1.807, 2.05) is 70.2 Å². The minimum absolute atomic E-state index is 0.154. The van der Waals surface area contributed by atoms with Crippen LogP contribution < -0.4 is 16.0 Å². The molecule has 3 aromatic carbocycles. The molecule has 1 aliphatic rings. The largest absolute Gasteiger partial charge is 0.444 e. The Bertz CT molecular complexity index is 1940. The van der Waals surface area contributed by atoms with Crippen LogP contribution >= 0.6 is 0 Å². The average molecular weight is 678 g/mol. The summed E-state index contributed by atoms with van der Waals surface area (Å²) in [4.78, 5) is 49.2. The van der Waals surface area contributed by atoms with Crippen LogP contribution in [-0.2, 0) is 20.7 Å². The van der Waals surface area contributed by atoms with Gasteiger partial charge in [0.25, 0.3) is 0 Å². The highest BCUT2D eigenvalue weighted by Crippen LogP contribution is 2.33. The van der Waals surface area contributed by atoms with Crippen molar-refractivity contribution in [1.29, 1.82) is 0 Å². The standard InChI is InChI=1S/C37H43N9O4/c1-22-40-30-18-15-28(20-31(30)41-22)25-9-5-23(6-10-25)19-32(33(38)47)46(29-16-13-26(14-17-29)34-42-44-45-43-34)35(48)27-11-7-24(8-12-27)21-39-36(49)50-37(2,3)4/h5-6,9-10,13-18,20,24,27,32H,7-8,11-12,19,21H2,1-4H3,(H2,38,47)(H,39,49)(H,40,41)(H,42,43,44,45)/t24-,27-,32-/m0/s1. The number of benzene rings is 3. The Hall–Kier alpha value is -5.59. The Balaban J connectivity index is 1.20. The number of carbonyl (C=O) groups is 3. The second-order valence-electron chi connectivity index (χ2n) is 14.0. The van der Waals surface area contributed by atoms with Crippen molar-refractivity contribution in [2.75, 3.05) is 11.4 Å². The van der Waals surface area contributed by atoms with Gasteiger partial charge < -0.3 is 20.8 Å². The van der Waals surface area contributed by atoms with Gasteiger partial charge in [0.05, 0.1) is 11.0 Å². The van der Waals surface area contributed by atoms with Gasteiger partial charge in [0.15, 0.2) is 0 Å². The SMILES string of the molecule is Cc1nc2cc(-c3ccc(C[C@@H](C(N)=O)N(c4ccc(-c5nn[nH]n5)cc4)C(=O)[C@H]4CC[C@H](CNC(=O)OC(C)(C)C)CC4)cc3)ccc2[nH]1. The Morgan fingerprint density at radius 2 is 1.64 bits per heavy atom. The number of aromatic amines is 2. The van der Waals surface area contributed by atoms with Crippen LogP contribution in [-0.4, -0.2) is 66.7 Å². The van der Waals surface area contributed by atoms with Gasteiger partial charge in [0.2, 0.25) is 17.6 Å². The predicted molar refractivity (Wildman–Crippen MR) is 190 cm³/mol. The molecule has 5 N–H and O–H groups in total. The van der Waals surface area contributed by atoms with Crippen LogP contribution in [0.15, 0.2) is 66.7 Å². The lowest BCUT2D eigenvalue weighted by molar-refractivity contribution is -0.127. The van der Waals surface area contributed by atoms with E-state index in [2.05, 4.69) is 35.9 Å². The van der Waals surface area contributed by atoms with Gasteiger partial charge in [-0.25, -0.2) is 9.78 Å². The minimum atomic E-state index is -0.931. The summed E-state index contributed by atoms with van der Waals surface area (Å²) in [6, 6.07) is 20.3. The zero-order valence-electron chi connectivity index (χ0n) is 28.8. The average Bonchev–Trinajstić information content (AvgIpc) is 3.76. The number of imidazole rings is 1. The van der Waals surface area contributed by atoms with Crippen molar-refractivity contribution in [2.24, 2.45) is 17.6 Å². The monoisotopic (exact) mass is 677 g/mol. The predicted octanol–water partition coefficient (Wildman–Crippen LogP) is 5.48. The molecule has 13 heteroatoms. The van der Waals surface area contributed by atoms with Crippen molar-refractivity contribution in [1.82, 2.24) is 35.9 Å². The van der Waals surface area contributed by atoms with E-state index in [9.17, 15) is 14.4 Å². The summed E-state index contributed by atoms with van der Waals surface area (Å²) in [5.74, 6) is 0.433. The third kappa shape index (κ3) is 8.16. The van der Waals surface area contributed by atoms with Crippen LogP contribution in [0.5, 0.6) is 0 Å². The molecule has 1 saturated carbocycles. The van der Waals surface area contributed by atoms with Crippen LogP contribution in [0, 0.1) is 18.8 Å². The molecule has 6 rings (SSSR count). The van der Waals surface area contributed by atoms with Crippen LogP contribution in [0.25, 0.3) is 33.5 Å². The summed E-state index contributed by atoms with van der Waals surface area (Å²) in [6.07, 6.45) is 2.54. The molecule has 1 aliphatic carbocycles. The van der Waals surface area contributed by atoms with E-state index in [0.29, 0.717) is 36.5 Å². The molecule has 0 aliphatic heterocycles. The molecule has 0 bridgehead atoms. The topological polar surface area (TPSA) is 185 Å². The van der Waals surface area contributed by atoms with Gasteiger partial charge in [-0.05, 0) is 118 Å². The fourth-order valence-corrected chi connectivity index (χ4v) is 6.56. The van der Waals surface area contributed by atoms with Gasteiger partial charge in [-0.2, -0.15) is 5.21 Å². The van der Waals surface area contributed by atoms with Crippen molar-refractivity contribution in [2.45, 2.75) is 71.4 Å². The number of fused-ring (bicyclic) bond motifs is 1. The molecule has 50 heavy (non-hydrogen) atoms. The third-order valence-corrected chi connectivity index (χ3v) is 9.07. The Labute approximate surface area is 290 Å². The first-order valence-electron chi connectivity index (χ1n) is 16.9. The molecular weight excluding hydrogens is 634 g/mol. The molecule has 0 radical (unpaired) electrons. The number of alkyl carbamates (subject to hydrolysis) is 1. The van der Waals surface area contributed by atoms with E-state index in [1.165, 1.54) is 0 Å². The normalized spacial score (nSPS) is 16.9. The lowest BCUT2D eigenvalue weighted by atomic mass is 9.81. The maximum atomic E-state index is 14.4. The molecule has 2 aromatic heterocycles. The minimum Gasteiger partial charge on any atom is -0.444 e. The lowest BCUT2D eigenvalue weighted by Gasteiger charge is -2.36. The third-order valence-electron chi connectivity index (χ3n) is 9.07. The molecule has 3 amide bonds. The summed E-state index contributed by atoms with van der Waals surface area (Å²) >= 11 is 0. The first kappa shape index (κ1) is 34.3. The summed E-state index contributed by atoms with van der Waals surface area (Å²) in [5.41, 5.74) is 11.5. The van der Waals surface area contributed by atoms with Crippen molar-refractivity contribution in [3.63, 3.8) is 0 Å². The van der Waals surface area contributed by atoms with E-state index in [-0.39, 0.29) is 24.2 Å². The number of nitrogens with two attached hydrogens (primary N) is 1. The molecule has 0 spiro atoms. The number of tetrazole rings is 1. The van der Waals surface area contributed by atoms with Crippen molar-refractivity contribution in [3.8, 4) is 22.5 Å². The Morgan fingerprint density at radius 3 is 2.28 bits per heavy atom. The van der Waals surface area contributed by atoms with E-state index in [1.54, 1.807) is 29.2 Å². The molecule has 1 atom stereocenters. The number of nitrogens with one attached hydrogen (secondary N) is 3. The Kier molecular flexibility index (Phi) is 9.93. The number of anilines is 1. The lowest BCUT2D eigenvalue weighted by Crippen LogP contribution is -2.52. The highest BCUT2D eigenvalue weighted by atomic mass is 16.6. The smallest absolute Gasteiger partial charge is 0.407 e. The number of hydrogen-bond donors (Lipinski definition) is 4. The van der Waals surface area contributed by atoms with Crippen LogP contribution in [0.3, 0.4) is 0 Å². The number of carbonyl (C=O) groups excluding carboxylic acids is 3. The van der Waals surface area contributed by atoms with E-state index >= 15 is 0 Å². The second-order valence-corrected chi connectivity index (χ2v) is 14.0. The molecule has 2 heterocycles. The number of aryl methyl sites for hydroxylation is 1. The number of hydrogen-bond acceptors (Lipinski definition) is 8. The fourth-order valence-electron chi connectivity index (χ4n) is 6.56. The van der Waals surface area contributed by atoms with Crippen molar-refractivity contribution < 1.29 is 19.1 Å². The summed E-state index contributed by atoms with van der Waals surface area (Å²) in [7, 11) is 0. The summed E-state index contributed by atoms with van der Waals surface area (Å²) < 4.78 is 5.37. The number of primary amides is 1. The summed E-state index contributed by atoms with van der Waals surface area (Å²) in [5, 5.41) is 17.0. The first-order chi connectivity index (χ1) is 23.9. The number of nitrogens with zero attached hydrogens (tertiary/aromatic N) is 5. The molecular formula is C37H43N9O4. The number of rotatable bonds is 10. The van der Waals surface area contributed by atoms with E-state index in [0.717, 1.165) is 46.4 Å². The Morgan fingerprint density at radius 1 is 0.960 bits per heavy atom. The molecule has 260 valence electrons. The fraction of sp³-hybridized carbons (Fsp3) is 0.378. The number of amides is 3. The zero-order valence-corrected chi connectivity index (χ0v) is 28.8. The quantitative estimate of drug-likeness (QED) is 0.150. The van der Waals surface area contributed by atoms with Gasteiger partial charge in [0.1, 0.15) is 17.5 Å². The van der Waals surface area contributed by atoms with Gasteiger partial charge in [-0.1, -0.05) is 30.3 Å². The van der Waals surface area contributed by atoms with Gasteiger partial charge in [-0.15, -0.1) is 10.2 Å². The molecule has 0 unspecified atom stereocenters. The highest BCUT2D eigenvalue weighted by molar-refractivity contribution is 6.02. The maximum absolute atomic E-state index is 14.4. The number of aromatic nitrogens is 6. The van der Waals surface area contributed by atoms with E-state index in [4.69, 9.17) is 10.5 Å². The number of H-pyrrole nitrogens is 2. The number of ether oxygens (including phenoxy) is 1.